The largest absolute Gasteiger partial charge is 0.481 e. The van der Waals surface area contributed by atoms with Gasteiger partial charge in [0, 0.05) is 18.8 Å². The van der Waals surface area contributed by atoms with Crippen LogP contribution in [0, 0.1) is 5.82 Å². The molecular weight excluding hydrogens is 347 g/mol. The highest BCUT2D eigenvalue weighted by Gasteiger charge is 2.18. The Hall–Kier alpha value is -2.60. The third-order valence-electron chi connectivity index (χ3n) is 4.62. The number of rotatable bonds is 6. The number of benzene rings is 2. The Balaban J connectivity index is 1.54. The molecule has 0 spiro atoms. The Labute approximate surface area is 159 Å². The summed E-state index contributed by atoms with van der Waals surface area (Å²) in [6.45, 7) is 6.90. The van der Waals surface area contributed by atoms with E-state index in [2.05, 4.69) is 22.3 Å². The van der Waals surface area contributed by atoms with Crippen LogP contribution < -0.4 is 15.0 Å². The molecule has 0 unspecified atom stereocenters. The number of hydrogen-bond donors (Lipinski definition) is 1. The fourth-order valence-corrected chi connectivity index (χ4v) is 2.98. The molecule has 1 saturated heterocycles. The summed E-state index contributed by atoms with van der Waals surface area (Å²) in [6, 6.07) is 13.7. The minimum atomic E-state index is -0.675. The van der Waals surface area contributed by atoms with E-state index in [1.54, 1.807) is 6.92 Å². The molecule has 144 valence electrons. The normalized spacial score (nSPS) is 16.5. The highest BCUT2D eigenvalue weighted by molar-refractivity contribution is 5.81. The second-order valence-electron chi connectivity index (χ2n) is 6.64. The number of hydrogen-bond acceptors (Lipinski definition) is 4. The predicted molar refractivity (Wildman–Crippen MR) is 103 cm³/mol. The molecular formula is C21H25FN2O3. The van der Waals surface area contributed by atoms with Gasteiger partial charge in [-0.3, -0.25) is 4.79 Å². The third kappa shape index (κ3) is 5.20. The second-order valence-corrected chi connectivity index (χ2v) is 6.64. The van der Waals surface area contributed by atoms with Gasteiger partial charge in [-0.25, -0.2) is 4.39 Å². The van der Waals surface area contributed by atoms with Gasteiger partial charge in [0.15, 0.2) is 6.10 Å². The first-order valence-corrected chi connectivity index (χ1v) is 9.18. The smallest absolute Gasteiger partial charge is 0.261 e. The quantitative estimate of drug-likeness (QED) is 0.845. The highest BCUT2D eigenvalue weighted by Crippen LogP contribution is 2.20. The van der Waals surface area contributed by atoms with Crippen molar-refractivity contribution in [3.8, 4) is 5.75 Å². The molecule has 2 atom stereocenters. The molecule has 0 bridgehead atoms. The van der Waals surface area contributed by atoms with E-state index in [0.29, 0.717) is 5.75 Å². The van der Waals surface area contributed by atoms with Gasteiger partial charge in [-0.05, 0) is 55.8 Å². The number of morpholine rings is 1. The molecule has 1 fully saturated rings. The fraction of sp³-hybridized carbons (Fsp3) is 0.381. The minimum absolute atomic E-state index is 0.143. The summed E-state index contributed by atoms with van der Waals surface area (Å²) in [7, 11) is 0. The van der Waals surface area contributed by atoms with Gasteiger partial charge in [0.05, 0.1) is 19.3 Å². The van der Waals surface area contributed by atoms with Crippen molar-refractivity contribution in [2.75, 3.05) is 31.2 Å². The molecule has 5 nitrogen and oxygen atoms in total. The average molecular weight is 372 g/mol. The van der Waals surface area contributed by atoms with Gasteiger partial charge in [0.1, 0.15) is 11.6 Å². The molecule has 6 heteroatoms. The topological polar surface area (TPSA) is 50.8 Å². The third-order valence-corrected chi connectivity index (χ3v) is 4.62. The van der Waals surface area contributed by atoms with E-state index in [9.17, 15) is 9.18 Å². The number of nitrogens with zero attached hydrogens (tertiary/aromatic N) is 1. The lowest BCUT2D eigenvalue weighted by molar-refractivity contribution is -0.127. The Morgan fingerprint density at radius 1 is 1.07 bits per heavy atom. The molecule has 27 heavy (non-hydrogen) atoms. The van der Waals surface area contributed by atoms with Crippen molar-refractivity contribution in [2.24, 2.45) is 0 Å². The Kier molecular flexibility index (Phi) is 6.29. The number of carbonyl (C=O) groups excluding carboxylic acids is 1. The SMILES string of the molecule is C[C@H](Oc1ccc(F)cc1)C(=O)N[C@@H](C)c1ccc(N2CCOCC2)cc1. The van der Waals surface area contributed by atoms with Crippen LogP contribution in [0.4, 0.5) is 10.1 Å². The summed E-state index contributed by atoms with van der Waals surface area (Å²) in [5.41, 5.74) is 2.18. The van der Waals surface area contributed by atoms with E-state index in [1.807, 2.05) is 19.1 Å². The van der Waals surface area contributed by atoms with Crippen molar-refractivity contribution in [3.05, 3.63) is 59.9 Å². The zero-order valence-corrected chi connectivity index (χ0v) is 15.7. The lowest BCUT2D eigenvalue weighted by Crippen LogP contribution is -2.38. The van der Waals surface area contributed by atoms with Crippen LogP contribution in [0.5, 0.6) is 5.75 Å². The van der Waals surface area contributed by atoms with Gasteiger partial charge in [-0.1, -0.05) is 12.1 Å². The van der Waals surface area contributed by atoms with Crippen LogP contribution in [0.3, 0.4) is 0 Å². The van der Waals surface area contributed by atoms with Crippen LogP contribution >= 0.6 is 0 Å². The predicted octanol–water partition coefficient (Wildman–Crippen LogP) is 3.31. The molecule has 1 aliphatic heterocycles. The molecule has 2 aromatic carbocycles. The van der Waals surface area contributed by atoms with Gasteiger partial charge in [-0.15, -0.1) is 0 Å². The maximum atomic E-state index is 12.9. The molecule has 3 rings (SSSR count). The van der Waals surface area contributed by atoms with Crippen LogP contribution in [0.25, 0.3) is 0 Å². The Morgan fingerprint density at radius 3 is 2.33 bits per heavy atom. The fourth-order valence-electron chi connectivity index (χ4n) is 2.98. The minimum Gasteiger partial charge on any atom is -0.481 e. The number of halogens is 1. The Morgan fingerprint density at radius 2 is 1.70 bits per heavy atom. The molecule has 1 aliphatic rings. The first-order chi connectivity index (χ1) is 13.0. The van der Waals surface area contributed by atoms with Crippen molar-refractivity contribution < 1.29 is 18.7 Å². The van der Waals surface area contributed by atoms with Crippen LogP contribution in [-0.4, -0.2) is 38.3 Å². The maximum Gasteiger partial charge on any atom is 0.261 e. The molecule has 1 amide bonds. The zero-order valence-electron chi connectivity index (χ0n) is 15.7. The summed E-state index contributed by atoms with van der Waals surface area (Å²) in [4.78, 5) is 14.7. The van der Waals surface area contributed by atoms with Crippen LogP contribution in [0.15, 0.2) is 48.5 Å². The highest BCUT2D eigenvalue weighted by atomic mass is 19.1. The van der Waals surface area contributed by atoms with Gasteiger partial charge < -0.3 is 19.7 Å². The van der Waals surface area contributed by atoms with E-state index in [1.165, 1.54) is 24.3 Å². The number of anilines is 1. The number of carbonyl (C=O) groups is 1. The number of amides is 1. The lowest BCUT2D eigenvalue weighted by Gasteiger charge is -2.29. The first-order valence-electron chi connectivity index (χ1n) is 9.18. The van der Waals surface area contributed by atoms with E-state index in [-0.39, 0.29) is 17.8 Å². The van der Waals surface area contributed by atoms with Gasteiger partial charge >= 0.3 is 0 Å². The van der Waals surface area contributed by atoms with Crippen molar-refractivity contribution in [1.29, 1.82) is 0 Å². The lowest BCUT2D eigenvalue weighted by atomic mass is 10.1. The van der Waals surface area contributed by atoms with Gasteiger partial charge in [0.2, 0.25) is 0 Å². The molecule has 2 aromatic rings. The monoisotopic (exact) mass is 372 g/mol. The zero-order chi connectivity index (χ0) is 19.2. The van der Waals surface area contributed by atoms with Crippen molar-refractivity contribution >= 4 is 11.6 Å². The van der Waals surface area contributed by atoms with Crippen LogP contribution in [-0.2, 0) is 9.53 Å². The Bertz CT molecular complexity index is 743. The summed E-state index contributed by atoms with van der Waals surface area (Å²) in [5, 5.41) is 2.95. The van der Waals surface area contributed by atoms with E-state index < -0.39 is 6.10 Å². The number of ether oxygens (including phenoxy) is 2. The van der Waals surface area contributed by atoms with E-state index in [4.69, 9.17) is 9.47 Å². The molecule has 0 radical (unpaired) electrons. The van der Waals surface area contributed by atoms with Crippen LogP contribution in [0.2, 0.25) is 0 Å². The standard InChI is InChI=1S/C21H25FN2O3/c1-15(17-3-7-19(8-4-17)24-11-13-26-14-12-24)23-21(25)16(2)27-20-9-5-18(22)6-10-20/h3-10,15-16H,11-14H2,1-2H3,(H,23,25)/t15-,16-/m0/s1. The van der Waals surface area contributed by atoms with Crippen LogP contribution in [0.1, 0.15) is 25.5 Å². The summed E-state index contributed by atoms with van der Waals surface area (Å²) in [5.74, 6) is -0.0979. The molecule has 1 N–H and O–H groups in total. The summed E-state index contributed by atoms with van der Waals surface area (Å²) >= 11 is 0. The van der Waals surface area contributed by atoms with Gasteiger partial charge in [-0.2, -0.15) is 0 Å². The maximum absolute atomic E-state index is 12.9. The molecule has 0 saturated carbocycles. The van der Waals surface area contributed by atoms with E-state index in [0.717, 1.165) is 37.6 Å². The summed E-state index contributed by atoms with van der Waals surface area (Å²) in [6.07, 6.45) is -0.675. The van der Waals surface area contributed by atoms with E-state index >= 15 is 0 Å². The molecule has 1 heterocycles. The van der Waals surface area contributed by atoms with Crippen molar-refractivity contribution in [2.45, 2.75) is 26.0 Å². The molecule has 0 aromatic heterocycles. The second kappa shape index (κ2) is 8.86. The van der Waals surface area contributed by atoms with Crippen molar-refractivity contribution in [3.63, 3.8) is 0 Å². The average Bonchev–Trinajstić information content (AvgIpc) is 2.70. The number of nitrogens with one attached hydrogen (secondary N) is 1. The van der Waals surface area contributed by atoms with Gasteiger partial charge in [0.25, 0.3) is 5.91 Å². The summed E-state index contributed by atoms with van der Waals surface area (Å²) < 4.78 is 23.9. The first kappa shape index (κ1) is 19.2. The van der Waals surface area contributed by atoms with Crippen molar-refractivity contribution in [1.82, 2.24) is 5.32 Å². The molecule has 0 aliphatic carbocycles.